The average Bonchev–Trinajstić information content (AvgIpc) is 3.02. The van der Waals surface area contributed by atoms with Gasteiger partial charge in [-0.1, -0.05) is 30.3 Å². The summed E-state index contributed by atoms with van der Waals surface area (Å²) in [6.45, 7) is 1.78. The number of benzene rings is 2. The molecule has 6 nitrogen and oxygen atoms in total. The van der Waals surface area contributed by atoms with Crippen LogP contribution in [0.5, 0.6) is 11.5 Å². The lowest BCUT2D eigenvalue weighted by molar-refractivity contribution is -0.117. The Balaban J connectivity index is 0.00000261. The van der Waals surface area contributed by atoms with Crippen LogP contribution >= 0.6 is 12.4 Å². The molecule has 0 saturated carbocycles. The first-order chi connectivity index (χ1) is 12.6. The zero-order valence-corrected chi connectivity index (χ0v) is 16.4. The summed E-state index contributed by atoms with van der Waals surface area (Å²) in [5.74, 6) is 1.41. The van der Waals surface area contributed by atoms with Crippen molar-refractivity contribution in [3.63, 3.8) is 0 Å². The molecule has 3 rings (SSSR count). The van der Waals surface area contributed by atoms with Crippen LogP contribution < -0.4 is 20.5 Å². The fourth-order valence-electron chi connectivity index (χ4n) is 3.39. The van der Waals surface area contributed by atoms with Crippen LogP contribution in [0, 0.1) is 0 Å². The molecule has 2 aromatic carbocycles. The predicted octanol–water partition coefficient (Wildman–Crippen LogP) is 2.49. The van der Waals surface area contributed by atoms with Crippen molar-refractivity contribution in [2.45, 2.75) is 12.0 Å². The monoisotopic (exact) mass is 391 g/mol. The normalized spacial score (nSPS) is 19.2. The maximum Gasteiger partial charge on any atom is 0.238 e. The maximum absolute atomic E-state index is 12.5. The molecule has 1 heterocycles. The van der Waals surface area contributed by atoms with Gasteiger partial charge in [0.05, 0.1) is 26.5 Å². The molecule has 0 unspecified atom stereocenters. The van der Waals surface area contributed by atoms with Crippen molar-refractivity contribution >= 4 is 24.0 Å². The number of rotatable bonds is 6. The van der Waals surface area contributed by atoms with Gasteiger partial charge in [0.1, 0.15) is 11.5 Å². The molecule has 0 radical (unpaired) electrons. The minimum atomic E-state index is -0.0885. The summed E-state index contributed by atoms with van der Waals surface area (Å²) < 4.78 is 10.5. The Labute approximate surface area is 166 Å². The quantitative estimate of drug-likeness (QED) is 0.791. The van der Waals surface area contributed by atoms with E-state index in [-0.39, 0.29) is 30.3 Å². The summed E-state index contributed by atoms with van der Waals surface area (Å²) in [6, 6.07) is 15.6. The summed E-state index contributed by atoms with van der Waals surface area (Å²) in [4.78, 5) is 14.6. The summed E-state index contributed by atoms with van der Waals surface area (Å²) in [6.07, 6.45) is 0. The molecule has 1 fully saturated rings. The number of anilines is 1. The third kappa shape index (κ3) is 5.13. The number of nitrogens with one attached hydrogen (secondary N) is 1. The minimum Gasteiger partial charge on any atom is -0.497 e. The van der Waals surface area contributed by atoms with E-state index in [2.05, 4.69) is 22.3 Å². The number of ether oxygens (including phenoxy) is 2. The van der Waals surface area contributed by atoms with Gasteiger partial charge in [-0.05, 0) is 17.7 Å². The largest absolute Gasteiger partial charge is 0.497 e. The summed E-state index contributed by atoms with van der Waals surface area (Å²) in [5, 5.41) is 2.91. The van der Waals surface area contributed by atoms with Crippen LogP contribution in [0.2, 0.25) is 0 Å². The summed E-state index contributed by atoms with van der Waals surface area (Å²) >= 11 is 0. The van der Waals surface area contributed by atoms with Crippen molar-refractivity contribution in [3.8, 4) is 11.5 Å². The summed E-state index contributed by atoms with van der Waals surface area (Å²) in [7, 11) is 3.15. The topological polar surface area (TPSA) is 76.8 Å². The number of likely N-dealkylation sites (tertiary alicyclic amines) is 1. The number of nitrogens with two attached hydrogens (primary N) is 1. The molecule has 1 aliphatic heterocycles. The van der Waals surface area contributed by atoms with Crippen molar-refractivity contribution in [1.29, 1.82) is 0 Å². The van der Waals surface area contributed by atoms with E-state index in [0.29, 0.717) is 30.3 Å². The number of hydrogen-bond donors (Lipinski definition) is 2. The van der Waals surface area contributed by atoms with Crippen molar-refractivity contribution in [3.05, 3.63) is 54.1 Å². The second-order valence-electron chi connectivity index (χ2n) is 6.49. The van der Waals surface area contributed by atoms with Crippen LogP contribution in [0.25, 0.3) is 0 Å². The molecule has 1 saturated heterocycles. The third-order valence-electron chi connectivity index (χ3n) is 4.72. The first-order valence-corrected chi connectivity index (χ1v) is 8.65. The van der Waals surface area contributed by atoms with Crippen LogP contribution in [-0.4, -0.2) is 50.7 Å². The number of hydrogen-bond acceptors (Lipinski definition) is 5. The molecule has 1 amide bonds. The van der Waals surface area contributed by atoms with E-state index in [9.17, 15) is 4.79 Å². The Morgan fingerprint density at radius 2 is 1.89 bits per heavy atom. The first kappa shape index (κ1) is 21.0. The fraction of sp³-hybridized carbons (Fsp3) is 0.350. The minimum absolute atomic E-state index is 0. The number of methoxy groups -OCH3 is 2. The molecule has 0 aromatic heterocycles. The Morgan fingerprint density at radius 1 is 1.15 bits per heavy atom. The molecule has 27 heavy (non-hydrogen) atoms. The zero-order chi connectivity index (χ0) is 18.5. The highest BCUT2D eigenvalue weighted by Gasteiger charge is 2.32. The lowest BCUT2D eigenvalue weighted by atomic mass is 9.95. The van der Waals surface area contributed by atoms with Gasteiger partial charge in [-0.3, -0.25) is 9.69 Å². The van der Waals surface area contributed by atoms with Crippen molar-refractivity contribution in [1.82, 2.24) is 4.90 Å². The predicted molar refractivity (Wildman–Crippen MR) is 109 cm³/mol. The van der Waals surface area contributed by atoms with E-state index in [4.69, 9.17) is 15.2 Å². The maximum atomic E-state index is 12.5. The molecular weight excluding hydrogens is 366 g/mol. The highest BCUT2D eigenvalue weighted by atomic mass is 35.5. The van der Waals surface area contributed by atoms with E-state index in [1.54, 1.807) is 32.4 Å². The summed E-state index contributed by atoms with van der Waals surface area (Å²) in [5.41, 5.74) is 8.15. The number of amides is 1. The molecule has 0 bridgehead atoms. The standard InChI is InChI=1S/C20H25N3O3.ClH/c1-25-15-8-9-18(19(10-15)26-2)22-20(24)13-23-11-16(17(21)12-23)14-6-4-3-5-7-14;/h3-10,16-17H,11-13,21H2,1-2H3,(H,22,24);1H/t16-,17+;/m0./s1. The zero-order valence-electron chi connectivity index (χ0n) is 15.6. The van der Waals surface area contributed by atoms with Crippen LogP contribution in [0.1, 0.15) is 11.5 Å². The van der Waals surface area contributed by atoms with E-state index >= 15 is 0 Å². The molecule has 2 atom stereocenters. The molecule has 3 N–H and O–H groups in total. The van der Waals surface area contributed by atoms with Gasteiger partial charge in [0.25, 0.3) is 0 Å². The van der Waals surface area contributed by atoms with Crippen molar-refractivity contribution in [2.75, 3.05) is 39.2 Å². The van der Waals surface area contributed by atoms with E-state index < -0.39 is 0 Å². The Kier molecular flexibility index (Phi) is 7.47. The molecule has 0 spiro atoms. The van der Waals surface area contributed by atoms with Crippen molar-refractivity contribution in [2.24, 2.45) is 5.73 Å². The van der Waals surface area contributed by atoms with Crippen LogP contribution in [-0.2, 0) is 4.79 Å². The molecule has 1 aliphatic rings. The Morgan fingerprint density at radius 3 is 2.56 bits per heavy atom. The number of halogens is 1. The van der Waals surface area contributed by atoms with Gasteiger partial charge in [-0.25, -0.2) is 0 Å². The van der Waals surface area contributed by atoms with Gasteiger partial charge >= 0.3 is 0 Å². The van der Waals surface area contributed by atoms with Gasteiger partial charge in [-0.15, -0.1) is 12.4 Å². The lowest BCUT2D eigenvalue weighted by Crippen LogP contribution is -2.33. The Bertz CT molecular complexity index is 757. The molecule has 7 heteroatoms. The molecule has 146 valence electrons. The van der Waals surface area contributed by atoms with E-state index in [1.165, 1.54) is 5.56 Å². The molecule has 0 aliphatic carbocycles. The number of carbonyl (C=O) groups excluding carboxylic acids is 1. The first-order valence-electron chi connectivity index (χ1n) is 8.65. The van der Waals surface area contributed by atoms with Gasteiger partial charge in [-0.2, -0.15) is 0 Å². The third-order valence-corrected chi connectivity index (χ3v) is 4.72. The highest BCUT2D eigenvalue weighted by molar-refractivity contribution is 5.93. The Hall–Kier alpha value is -2.28. The second-order valence-corrected chi connectivity index (χ2v) is 6.49. The molecule has 2 aromatic rings. The number of carbonyl (C=O) groups is 1. The van der Waals surface area contributed by atoms with Crippen LogP contribution in [0.3, 0.4) is 0 Å². The van der Waals surface area contributed by atoms with Crippen LogP contribution in [0.4, 0.5) is 5.69 Å². The van der Waals surface area contributed by atoms with Gasteiger partial charge < -0.3 is 20.5 Å². The van der Waals surface area contributed by atoms with Gasteiger partial charge in [0, 0.05) is 31.1 Å². The highest BCUT2D eigenvalue weighted by Crippen LogP contribution is 2.29. The lowest BCUT2D eigenvalue weighted by Gasteiger charge is -2.17. The fourth-order valence-corrected chi connectivity index (χ4v) is 3.39. The van der Waals surface area contributed by atoms with E-state index in [1.807, 2.05) is 18.2 Å². The van der Waals surface area contributed by atoms with E-state index in [0.717, 1.165) is 6.54 Å². The van der Waals surface area contributed by atoms with Crippen molar-refractivity contribution < 1.29 is 14.3 Å². The number of nitrogens with zero attached hydrogens (tertiary/aromatic N) is 1. The SMILES string of the molecule is COc1ccc(NC(=O)CN2C[C@@H](N)[C@H](c3ccccc3)C2)c(OC)c1.Cl. The smallest absolute Gasteiger partial charge is 0.238 e. The van der Waals surface area contributed by atoms with Gasteiger partial charge in [0.15, 0.2) is 0 Å². The second kappa shape index (κ2) is 9.60. The van der Waals surface area contributed by atoms with Gasteiger partial charge in [0.2, 0.25) is 5.91 Å². The average molecular weight is 392 g/mol. The molecular formula is C20H26ClN3O3. The van der Waals surface area contributed by atoms with Crippen LogP contribution in [0.15, 0.2) is 48.5 Å².